The van der Waals surface area contributed by atoms with Gasteiger partial charge in [0.15, 0.2) is 6.10 Å². The lowest BCUT2D eigenvalue weighted by molar-refractivity contribution is -0.148. The number of anilines is 1. The Morgan fingerprint density at radius 2 is 2.09 bits per heavy atom. The van der Waals surface area contributed by atoms with Crippen molar-refractivity contribution >= 4 is 35.1 Å². The number of amides is 2. The third-order valence-electron chi connectivity index (χ3n) is 3.66. The van der Waals surface area contributed by atoms with E-state index in [0.717, 1.165) is 0 Å². The number of nitrogens with zero attached hydrogens (tertiary/aromatic N) is 1. The van der Waals surface area contributed by atoms with E-state index in [0.29, 0.717) is 10.7 Å². The molecule has 1 saturated heterocycles. The lowest BCUT2D eigenvalue weighted by Crippen LogP contribution is -2.41. The molecule has 2 N–H and O–H groups in total. The van der Waals surface area contributed by atoms with Crippen molar-refractivity contribution in [3.05, 3.63) is 29.3 Å². The molecule has 2 unspecified atom stereocenters. The van der Waals surface area contributed by atoms with E-state index in [2.05, 4.69) is 5.32 Å². The first-order chi connectivity index (χ1) is 10.9. The molecule has 1 fully saturated rings. The van der Waals surface area contributed by atoms with Gasteiger partial charge in [0.2, 0.25) is 11.8 Å². The molecule has 8 heteroatoms. The molecule has 0 aromatic heterocycles. The number of benzene rings is 1. The van der Waals surface area contributed by atoms with Gasteiger partial charge in [-0.25, -0.2) is 4.79 Å². The fourth-order valence-corrected chi connectivity index (χ4v) is 2.49. The van der Waals surface area contributed by atoms with Crippen molar-refractivity contribution < 1.29 is 24.2 Å². The van der Waals surface area contributed by atoms with Crippen molar-refractivity contribution in [1.82, 2.24) is 5.32 Å². The number of carboxylic acids is 1. The normalized spacial score (nSPS) is 18.8. The topological polar surface area (TPSA) is 95.9 Å². The summed E-state index contributed by atoms with van der Waals surface area (Å²) in [6, 6.07) is 6.78. The third-order valence-corrected chi connectivity index (χ3v) is 3.91. The van der Waals surface area contributed by atoms with E-state index in [1.165, 1.54) is 12.0 Å². The Labute approximate surface area is 138 Å². The minimum absolute atomic E-state index is 0.0825. The van der Waals surface area contributed by atoms with Gasteiger partial charge in [0, 0.05) is 30.8 Å². The maximum absolute atomic E-state index is 12.1. The molecule has 2 amide bonds. The summed E-state index contributed by atoms with van der Waals surface area (Å²) in [6.45, 7) is 0.104. The standard InChI is InChI=1S/C15H17ClN2O5/c1-23-12(15(21)22)7-17-14(20)9-6-13(19)18(8-9)11-4-2-10(16)3-5-11/h2-5,9,12H,6-8H2,1H3,(H,17,20)(H,21,22). The van der Waals surface area contributed by atoms with Crippen LogP contribution in [0.25, 0.3) is 0 Å². The summed E-state index contributed by atoms with van der Waals surface area (Å²) >= 11 is 5.82. The average molecular weight is 341 g/mol. The Bertz CT molecular complexity index is 604. The smallest absolute Gasteiger partial charge is 0.334 e. The molecule has 2 rings (SSSR count). The third kappa shape index (κ3) is 4.20. The molecular formula is C15H17ClN2O5. The number of hydrogen-bond acceptors (Lipinski definition) is 4. The highest BCUT2D eigenvalue weighted by atomic mass is 35.5. The van der Waals surface area contributed by atoms with Gasteiger partial charge in [-0.3, -0.25) is 9.59 Å². The average Bonchev–Trinajstić information content (AvgIpc) is 2.90. The fourth-order valence-electron chi connectivity index (χ4n) is 2.36. The number of hydrogen-bond donors (Lipinski definition) is 2. The molecule has 7 nitrogen and oxygen atoms in total. The van der Waals surface area contributed by atoms with Crippen molar-refractivity contribution in [3.63, 3.8) is 0 Å². The van der Waals surface area contributed by atoms with Gasteiger partial charge in [-0.05, 0) is 24.3 Å². The molecule has 23 heavy (non-hydrogen) atoms. The van der Waals surface area contributed by atoms with Gasteiger partial charge in [0.25, 0.3) is 0 Å². The van der Waals surface area contributed by atoms with Crippen LogP contribution in [0.2, 0.25) is 5.02 Å². The van der Waals surface area contributed by atoms with Crippen LogP contribution in [0.3, 0.4) is 0 Å². The Morgan fingerprint density at radius 3 is 2.65 bits per heavy atom. The summed E-state index contributed by atoms with van der Waals surface area (Å²) in [5.74, 6) is -2.20. The van der Waals surface area contributed by atoms with Gasteiger partial charge >= 0.3 is 5.97 Å². The highest BCUT2D eigenvalue weighted by Crippen LogP contribution is 2.26. The zero-order chi connectivity index (χ0) is 17.0. The van der Waals surface area contributed by atoms with E-state index >= 15 is 0 Å². The first kappa shape index (κ1) is 17.2. The summed E-state index contributed by atoms with van der Waals surface area (Å²) in [4.78, 5) is 36.5. The van der Waals surface area contributed by atoms with Crippen LogP contribution in [0.15, 0.2) is 24.3 Å². The highest BCUT2D eigenvalue weighted by molar-refractivity contribution is 6.30. The lowest BCUT2D eigenvalue weighted by Gasteiger charge is -2.17. The number of rotatable bonds is 6. The summed E-state index contributed by atoms with van der Waals surface area (Å²) in [5.41, 5.74) is 0.676. The molecule has 0 saturated carbocycles. The van der Waals surface area contributed by atoms with Crippen LogP contribution in [-0.4, -0.2) is 49.2 Å². The second kappa shape index (κ2) is 7.43. The lowest BCUT2D eigenvalue weighted by atomic mass is 10.1. The fraction of sp³-hybridized carbons (Fsp3) is 0.400. The maximum Gasteiger partial charge on any atom is 0.334 e. The molecule has 0 aliphatic carbocycles. The molecule has 1 aromatic carbocycles. The first-order valence-corrected chi connectivity index (χ1v) is 7.39. The monoisotopic (exact) mass is 340 g/mol. The van der Waals surface area contributed by atoms with E-state index in [1.807, 2.05) is 0 Å². The number of carbonyl (C=O) groups excluding carboxylic acids is 2. The second-order valence-corrected chi connectivity index (χ2v) is 5.63. The predicted molar refractivity (Wildman–Crippen MR) is 83.4 cm³/mol. The Hall–Kier alpha value is -2.12. The molecule has 1 aliphatic heterocycles. The zero-order valence-electron chi connectivity index (χ0n) is 12.5. The molecule has 1 aromatic rings. The quantitative estimate of drug-likeness (QED) is 0.802. The number of carbonyl (C=O) groups is 3. The molecule has 1 aliphatic rings. The molecule has 1 heterocycles. The molecular weight excluding hydrogens is 324 g/mol. The first-order valence-electron chi connectivity index (χ1n) is 7.01. The van der Waals surface area contributed by atoms with Crippen molar-refractivity contribution in [3.8, 4) is 0 Å². The van der Waals surface area contributed by atoms with E-state index in [4.69, 9.17) is 21.4 Å². The summed E-state index contributed by atoms with van der Waals surface area (Å²) < 4.78 is 4.74. The molecule has 124 valence electrons. The summed E-state index contributed by atoms with van der Waals surface area (Å²) in [6.07, 6.45) is -1.03. The van der Waals surface area contributed by atoms with Crippen LogP contribution in [0, 0.1) is 5.92 Å². The largest absolute Gasteiger partial charge is 0.479 e. The molecule has 0 bridgehead atoms. The Kier molecular flexibility index (Phi) is 5.57. The second-order valence-electron chi connectivity index (χ2n) is 5.19. The van der Waals surface area contributed by atoms with Crippen LogP contribution in [0.5, 0.6) is 0 Å². The van der Waals surface area contributed by atoms with Crippen LogP contribution >= 0.6 is 11.6 Å². The van der Waals surface area contributed by atoms with Crippen LogP contribution < -0.4 is 10.2 Å². The zero-order valence-corrected chi connectivity index (χ0v) is 13.2. The number of nitrogens with one attached hydrogen (secondary N) is 1. The van der Waals surface area contributed by atoms with Crippen molar-refractivity contribution in [2.75, 3.05) is 25.1 Å². The Morgan fingerprint density at radius 1 is 1.43 bits per heavy atom. The minimum atomic E-state index is -1.15. The van der Waals surface area contributed by atoms with E-state index in [1.54, 1.807) is 24.3 Å². The van der Waals surface area contributed by atoms with Crippen molar-refractivity contribution in [2.24, 2.45) is 5.92 Å². The van der Waals surface area contributed by atoms with E-state index in [9.17, 15) is 14.4 Å². The SMILES string of the molecule is COC(CNC(=O)C1CC(=O)N(c2ccc(Cl)cc2)C1)C(=O)O. The van der Waals surface area contributed by atoms with Gasteiger partial charge in [0.05, 0.1) is 12.5 Å². The molecule has 0 radical (unpaired) electrons. The van der Waals surface area contributed by atoms with Crippen molar-refractivity contribution in [2.45, 2.75) is 12.5 Å². The van der Waals surface area contributed by atoms with Crippen LogP contribution in [0.1, 0.15) is 6.42 Å². The summed E-state index contributed by atoms with van der Waals surface area (Å²) in [5, 5.41) is 11.9. The van der Waals surface area contributed by atoms with E-state index < -0.39 is 18.0 Å². The van der Waals surface area contributed by atoms with Gasteiger partial charge in [-0.2, -0.15) is 0 Å². The van der Waals surface area contributed by atoms with Crippen LogP contribution in [-0.2, 0) is 19.1 Å². The molecule has 0 spiro atoms. The number of carboxylic acid groups (broad SMARTS) is 1. The minimum Gasteiger partial charge on any atom is -0.479 e. The number of aliphatic carboxylic acids is 1. The van der Waals surface area contributed by atoms with E-state index in [-0.39, 0.29) is 31.3 Å². The Balaban J connectivity index is 1.95. The van der Waals surface area contributed by atoms with Crippen molar-refractivity contribution in [1.29, 1.82) is 0 Å². The number of halogens is 1. The molecule has 2 atom stereocenters. The van der Waals surface area contributed by atoms with Crippen LogP contribution in [0.4, 0.5) is 5.69 Å². The van der Waals surface area contributed by atoms with Gasteiger partial charge in [-0.1, -0.05) is 11.6 Å². The predicted octanol–water partition coefficient (Wildman–Crippen LogP) is 0.909. The van der Waals surface area contributed by atoms with Gasteiger partial charge in [0.1, 0.15) is 0 Å². The maximum atomic E-state index is 12.1. The highest BCUT2D eigenvalue weighted by Gasteiger charge is 2.35. The van der Waals surface area contributed by atoms with Gasteiger partial charge < -0.3 is 20.1 Å². The van der Waals surface area contributed by atoms with Gasteiger partial charge in [-0.15, -0.1) is 0 Å². The number of methoxy groups -OCH3 is 1. The summed E-state index contributed by atoms with van der Waals surface area (Å²) in [7, 11) is 1.26. The number of ether oxygens (including phenoxy) is 1.